The highest BCUT2D eigenvalue weighted by Gasteiger charge is 2.34. The molecule has 24 heavy (non-hydrogen) atoms. The van der Waals surface area contributed by atoms with E-state index in [2.05, 4.69) is 10.1 Å². The van der Waals surface area contributed by atoms with E-state index in [0.29, 0.717) is 11.6 Å². The van der Waals surface area contributed by atoms with Gasteiger partial charge in [-0.2, -0.15) is 18.3 Å². The van der Waals surface area contributed by atoms with Crippen molar-refractivity contribution in [3.05, 3.63) is 48.0 Å². The van der Waals surface area contributed by atoms with Crippen molar-refractivity contribution in [1.82, 2.24) is 19.5 Å². The van der Waals surface area contributed by atoms with E-state index in [-0.39, 0.29) is 0 Å². The Morgan fingerprint density at radius 3 is 2.62 bits per heavy atom. The van der Waals surface area contributed by atoms with Crippen molar-refractivity contribution < 1.29 is 26.4 Å². The lowest BCUT2D eigenvalue weighted by Gasteiger charge is -2.13. The van der Waals surface area contributed by atoms with Gasteiger partial charge in [-0.15, -0.1) is 0 Å². The van der Waals surface area contributed by atoms with Crippen molar-refractivity contribution in [2.24, 2.45) is 0 Å². The second kappa shape index (κ2) is 6.59. The number of amides is 1. The number of halogens is 3. The molecule has 0 fully saturated rings. The monoisotopic (exact) mass is 362 g/mol. The van der Waals surface area contributed by atoms with Gasteiger partial charge in [0.15, 0.2) is 5.69 Å². The maximum atomic E-state index is 12.5. The van der Waals surface area contributed by atoms with Crippen LogP contribution in [0.3, 0.4) is 0 Å². The van der Waals surface area contributed by atoms with Gasteiger partial charge < -0.3 is 0 Å². The Morgan fingerprint density at radius 2 is 2.08 bits per heavy atom. The Balaban J connectivity index is 2.07. The lowest BCUT2D eigenvalue weighted by Crippen LogP contribution is -2.36. The third-order valence-corrected chi connectivity index (χ3v) is 4.24. The van der Waals surface area contributed by atoms with Gasteiger partial charge in [0.25, 0.3) is 5.91 Å². The van der Waals surface area contributed by atoms with Crippen LogP contribution in [0.1, 0.15) is 24.2 Å². The van der Waals surface area contributed by atoms with Crippen LogP contribution in [-0.4, -0.2) is 29.1 Å². The smallest absolute Gasteiger partial charge is 0.272 e. The van der Waals surface area contributed by atoms with Gasteiger partial charge >= 0.3 is 6.18 Å². The van der Waals surface area contributed by atoms with E-state index in [9.17, 15) is 26.4 Å². The molecule has 0 aliphatic rings. The average molecular weight is 362 g/mol. The molecule has 0 bridgehead atoms. The fraction of sp³-hybridized carbons (Fsp3) is 0.308. The number of hydrogen-bond acceptors (Lipinski definition) is 5. The zero-order chi connectivity index (χ0) is 18.0. The molecule has 1 amide bonds. The van der Waals surface area contributed by atoms with Crippen molar-refractivity contribution in [2.75, 3.05) is 0 Å². The first-order valence-electron chi connectivity index (χ1n) is 6.64. The van der Waals surface area contributed by atoms with Gasteiger partial charge in [-0.3, -0.25) is 19.2 Å². The van der Waals surface area contributed by atoms with Crippen LogP contribution in [0.15, 0.2) is 36.8 Å². The highest BCUT2D eigenvalue weighted by Crippen LogP contribution is 2.27. The lowest BCUT2D eigenvalue weighted by atomic mass is 10.3. The second-order valence-electron chi connectivity index (χ2n) is 4.94. The highest BCUT2D eigenvalue weighted by molar-refractivity contribution is 7.89. The Kier molecular flexibility index (Phi) is 4.92. The highest BCUT2D eigenvalue weighted by atomic mass is 32.2. The summed E-state index contributed by atoms with van der Waals surface area (Å²) in [5.74, 6) is -1.47. The van der Waals surface area contributed by atoms with Crippen molar-refractivity contribution in [3.8, 4) is 0 Å². The van der Waals surface area contributed by atoms with E-state index in [1.165, 1.54) is 31.5 Å². The van der Waals surface area contributed by atoms with Crippen molar-refractivity contribution in [2.45, 2.75) is 24.9 Å². The number of nitrogens with one attached hydrogen (secondary N) is 1. The summed E-state index contributed by atoms with van der Waals surface area (Å²) < 4.78 is 63.9. The summed E-state index contributed by atoms with van der Waals surface area (Å²) in [6.07, 6.45) is -0.891. The normalized spacial score (nSPS) is 13.5. The quantitative estimate of drug-likeness (QED) is 0.870. The average Bonchev–Trinajstić information content (AvgIpc) is 2.96. The first kappa shape index (κ1) is 17.9. The van der Waals surface area contributed by atoms with Crippen LogP contribution in [-0.2, 0) is 26.7 Å². The third kappa shape index (κ3) is 4.54. The predicted molar refractivity (Wildman–Crippen MR) is 76.9 cm³/mol. The Morgan fingerprint density at radius 1 is 1.38 bits per heavy atom. The van der Waals surface area contributed by atoms with Crippen LogP contribution in [0.25, 0.3) is 0 Å². The summed E-state index contributed by atoms with van der Waals surface area (Å²) in [7, 11) is -4.01. The van der Waals surface area contributed by atoms with Gasteiger partial charge in [0.05, 0.1) is 5.75 Å². The maximum Gasteiger partial charge on any atom is 0.435 e. The van der Waals surface area contributed by atoms with E-state index in [0.717, 1.165) is 10.9 Å². The Labute approximate surface area is 135 Å². The van der Waals surface area contributed by atoms with Crippen LogP contribution in [0.4, 0.5) is 13.2 Å². The SMILES string of the molecule is CC(C(=O)NS(=O)(=O)Cc1cccnc1)n1ccc(C(F)(F)F)n1. The van der Waals surface area contributed by atoms with Crippen LogP contribution in [0.2, 0.25) is 0 Å². The van der Waals surface area contributed by atoms with Crippen LogP contribution >= 0.6 is 0 Å². The molecule has 2 rings (SSSR count). The van der Waals surface area contributed by atoms with Gasteiger partial charge in [0.1, 0.15) is 6.04 Å². The molecule has 1 atom stereocenters. The topological polar surface area (TPSA) is 94.0 Å². The fourth-order valence-corrected chi connectivity index (χ4v) is 2.96. The molecule has 7 nitrogen and oxygen atoms in total. The van der Waals surface area contributed by atoms with E-state index in [4.69, 9.17) is 0 Å². The standard InChI is InChI=1S/C13H13F3N4O3S/c1-9(20-6-4-11(18-20)13(14,15)16)12(21)19-24(22,23)8-10-3-2-5-17-7-10/h2-7,9H,8H2,1H3,(H,19,21). The molecular formula is C13H13F3N4O3S. The number of carbonyl (C=O) groups excluding carboxylic acids is 1. The predicted octanol–water partition coefficient (Wildman–Crippen LogP) is 1.50. The number of pyridine rings is 1. The fourth-order valence-electron chi connectivity index (χ4n) is 1.80. The van der Waals surface area contributed by atoms with Gasteiger partial charge in [-0.05, 0) is 24.6 Å². The van der Waals surface area contributed by atoms with Crippen LogP contribution < -0.4 is 4.72 Å². The maximum absolute atomic E-state index is 12.5. The molecule has 2 aromatic heterocycles. The number of sulfonamides is 1. The number of rotatable bonds is 5. The minimum atomic E-state index is -4.65. The van der Waals surface area contributed by atoms with Crippen LogP contribution in [0.5, 0.6) is 0 Å². The molecule has 11 heteroatoms. The second-order valence-corrected chi connectivity index (χ2v) is 6.66. The summed E-state index contributed by atoms with van der Waals surface area (Å²) in [4.78, 5) is 15.7. The molecule has 0 aliphatic heterocycles. The number of hydrogen-bond donors (Lipinski definition) is 1. The largest absolute Gasteiger partial charge is 0.435 e. The van der Waals surface area contributed by atoms with E-state index in [1.807, 2.05) is 4.72 Å². The molecule has 0 aromatic carbocycles. The molecule has 1 N–H and O–H groups in total. The molecule has 0 aliphatic carbocycles. The van der Waals surface area contributed by atoms with E-state index in [1.54, 1.807) is 0 Å². The molecule has 0 spiro atoms. The zero-order valence-corrected chi connectivity index (χ0v) is 13.2. The van der Waals surface area contributed by atoms with Crippen LogP contribution in [0, 0.1) is 0 Å². The van der Waals surface area contributed by atoms with Gasteiger partial charge in [0, 0.05) is 18.6 Å². The van der Waals surface area contributed by atoms with Gasteiger partial charge in [-0.1, -0.05) is 6.07 Å². The molecule has 2 heterocycles. The molecule has 130 valence electrons. The minimum Gasteiger partial charge on any atom is -0.272 e. The zero-order valence-electron chi connectivity index (χ0n) is 12.4. The summed E-state index contributed by atoms with van der Waals surface area (Å²) >= 11 is 0. The minimum absolute atomic E-state index is 0.365. The van der Waals surface area contributed by atoms with Crippen molar-refractivity contribution in [1.29, 1.82) is 0 Å². The summed E-state index contributed by atoms with van der Waals surface area (Å²) in [5, 5.41) is 3.24. The molecular weight excluding hydrogens is 349 g/mol. The van der Waals surface area contributed by atoms with E-state index >= 15 is 0 Å². The Hall–Kier alpha value is -2.43. The lowest BCUT2D eigenvalue weighted by molar-refractivity contribution is -0.142. The molecule has 1 unspecified atom stereocenters. The number of nitrogens with zero attached hydrogens (tertiary/aromatic N) is 3. The Bertz CT molecular complexity index is 818. The summed E-state index contributed by atoms with van der Waals surface area (Å²) in [5.41, 5.74) is -0.802. The number of aromatic nitrogens is 3. The van der Waals surface area contributed by atoms with Gasteiger partial charge in [0.2, 0.25) is 10.0 Å². The van der Waals surface area contributed by atoms with E-state index < -0.39 is 39.6 Å². The number of carbonyl (C=O) groups is 1. The van der Waals surface area contributed by atoms with Crippen molar-refractivity contribution >= 4 is 15.9 Å². The third-order valence-electron chi connectivity index (χ3n) is 3.01. The first-order chi connectivity index (χ1) is 11.1. The summed E-state index contributed by atoms with van der Waals surface area (Å²) in [6, 6.07) is 2.53. The van der Waals surface area contributed by atoms with Gasteiger partial charge in [-0.25, -0.2) is 8.42 Å². The number of alkyl halides is 3. The molecule has 0 saturated carbocycles. The molecule has 2 aromatic rings. The molecule has 0 saturated heterocycles. The summed E-state index contributed by atoms with van der Waals surface area (Å²) in [6.45, 7) is 1.24. The first-order valence-corrected chi connectivity index (χ1v) is 8.29. The van der Waals surface area contributed by atoms with Crippen molar-refractivity contribution in [3.63, 3.8) is 0 Å². The molecule has 0 radical (unpaired) electrons.